The molecule has 2 aliphatic rings. The molecule has 15 heavy (non-hydrogen) atoms. The maximum atomic E-state index is 10.1. The van der Waals surface area contributed by atoms with Crippen molar-refractivity contribution in [3.63, 3.8) is 0 Å². The summed E-state index contributed by atoms with van der Waals surface area (Å²) in [5.74, 6) is 0. The molecule has 0 unspecified atom stereocenters. The highest BCUT2D eigenvalue weighted by atomic mass is 16.1. The molecular weight excluding hydrogens is 186 g/mol. The molecule has 0 amide bonds. The molecule has 0 aromatic heterocycles. The second-order valence-electron chi connectivity index (χ2n) is 3.62. The minimum atomic E-state index is 0.683. The van der Waals surface area contributed by atoms with Crippen LogP contribution >= 0.6 is 0 Å². The standard InChI is InChI=1S/C13H11NO/c1-9(7-10(2)14-8-15)13-11-3-4-12(13)6-5-11/h3-7H,1-2H3/b10-7+. The molecule has 74 valence electrons. The summed E-state index contributed by atoms with van der Waals surface area (Å²) in [5.41, 5.74) is 5.53. The van der Waals surface area contributed by atoms with Crippen LogP contribution in [0.15, 0.2) is 63.4 Å². The Labute approximate surface area is 88.7 Å². The van der Waals surface area contributed by atoms with Crippen LogP contribution in [-0.4, -0.2) is 6.08 Å². The van der Waals surface area contributed by atoms with Gasteiger partial charge in [-0.3, -0.25) is 0 Å². The smallest absolute Gasteiger partial charge is 0.211 e. The number of allylic oxidation sites excluding steroid dienone is 10. The lowest BCUT2D eigenvalue weighted by molar-refractivity contribution is 0.564. The fraction of sp³-hybridized carbons (Fsp3) is 0.154. The number of isocyanates is 1. The minimum Gasteiger partial charge on any atom is -0.211 e. The first-order chi connectivity index (χ1) is 7.22. The first-order valence-corrected chi connectivity index (χ1v) is 4.80. The molecule has 0 saturated carbocycles. The van der Waals surface area contributed by atoms with Crippen molar-refractivity contribution in [2.75, 3.05) is 0 Å². The lowest BCUT2D eigenvalue weighted by Crippen LogP contribution is -1.84. The maximum absolute atomic E-state index is 10.1. The molecule has 0 aromatic rings. The van der Waals surface area contributed by atoms with E-state index >= 15 is 0 Å². The molecule has 0 aliphatic heterocycles. The monoisotopic (exact) mass is 197 g/mol. The lowest BCUT2D eigenvalue weighted by atomic mass is 10.0. The number of hydrogen-bond donors (Lipinski definition) is 0. The normalized spacial score (nSPS) is 17.5. The number of aliphatic imine (C=N–C) groups is 1. The summed E-state index contributed by atoms with van der Waals surface area (Å²) in [6.45, 7) is 3.82. The van der Waals surface area contributed by atoms with Gasteiger partial charge < -0.3 is 0 Å². The Morgan fingerprint density at radius 1 is 1.27 bits per heavy atom. The van der Waals surface area contributed by atoms with Gasteiger partial charge in [0.15, 0.2) is 0 Å². The Bertz CT molecular complexity index is 483. The van der Waals surface area contributed by atoms with Gasteiger partial charge in [-0.15, -0.1) is 0 Å². The van der Waals surface area contributed by atoms with E-state index in [9.17, 15) is 4.79 Å². The van der Waals surface area contributed by atoms with Gasteiger partial charge in [0.25, 0.3) is 0 Å². The Morgan fingerprint density at radius 3 is 2.33 bits per heavy atom. The Kier molecular flexibility index (Phi) is 2.36. The quantitative estimate of drug-likeness (QED) is 0.494. The fourth-order valence-electron chi connectivity index (χ4n) is 1.92. The van der Waals surface area contributed by atoms with E-state index in [1.165, 1.54) is 16.7 Å². The van der Waals surface area contributed by atoms with Gasteiger partial charge in [0.1, 0.15) is 0 Å². The Balaban J connectivity index is 2.38. The van der Waals surface area contributed by atoms with Crippen molar-refractivity contribution in [1.82, 2.24) is 0 Å². The topological polar surface area (TPSA) is 29.4 Å². The molecule has 0 atom stereocenters. The molecule has 0 saturated heterocycles. The summed E-state index contributed by atoms with van der Waals surface area (Å²) >= 11 is 0. The van der Waals surface area contributed by atoms with Crippen molar-refractivity contribution in [1.29, 1.82) is 0 Å². The predicted molar refractivity (Wildman–Crippen MR) is 59.9 cm³/mol. The minimum absolute atomic E-state index is 0.683. The zero-order valence-electron chi connectivity index (χ0n) is 8.74. The summed E-state index contributed by atoms with van der Waals surface area (Å²) in [7, 11) is 0. The van der Waals surface area contributed by atoms with Crippen LogP contribution in [0.4, 0.5) is 0 Å². The van der Waals surface area contributed by atoms with E-state index in [0.717, 1.165) is 5.57 Å². The molecule has 2 aliphatic carbocycles. The van der Waals surface area contributed by atoms with Crippen LogP contribution in [-0.2, 0) is 4.79 Å². The predicted octanol–water partition coefficient (Wildman–Crippen LogP) is 2.98. The Hall–Kier alpha value is -1.92. The van der Waals surface area contributed by atoms with E-state index < -0.39 is 0 Å². The second-order valence-corrected chi connectivity index (χ2v) is 3.62. The van der Waals surface area contributed by atoms with Gasteiger partial charge in [0.05, 0.1) is 5.70 Å². The average Bonchev–Trinajstić information content (AvgIpc) is 2.76. The van der Waals surface area contributed by atoms with E-state index in [1.54, 1.807) is 13.0 Å². The SMILES string of the molecule is CC(/C=C(\C)N=C=O)=C1C2=CC=C1C=C2. The molecule has 0 spiro atoms. The third-order valence-corrected chi connectivity index (χ3v) is 2.50. The zero-order chi connectivity index (χ0) is 10.8. The van der Waals surface area contributed by atoms with Crippen molar-refractivity contribution in [3.8, 4) is 0 Å². The van der Waals surface area contributed by atoms with E-state index in [4.69, 9.17) is 0 Å². The molecule has 0 radical (unpaired) electrons. The molecule has 2 rings (SSSR count). The van der Waals surface area contributed by atoms with Gasteiger partial charge in [0.2, 0.25) is 6.08 Å². The fourth-order valence-corrected chi connectivity index (χ4v) is 1.92. The van der Waals surface area contributed by atoms with Crippen molar-refractivity contribution in [2.45, 2.75) is 13.8 Å². The summed E-state index contributed by atoms with van der Waals surface area (Å²) in [6.07, 6.45) is 11.8. The highest BCUT2D eigenvalue weighted by Crippen LogP contribution is 2.37. The van der Waals surface area contributed by atoms with Crippen LogP contribution in [0.1, 0.15) is 13.8 Å². The number of hydrogen-bond acceptors (Lipinski definition) is 2. The van der Waals surface area contributed by atoms with Crippen LogP contribution in [0, 0.1) is 0 Å². The zero-order valence-corrected chi connectivity index (χ0v) is 8.74. The highest BCUT2D eigenvalue weighted by molar-refractivity contribution is 5.71. The number of fused-ring (bicyclic) bond motifs is 2. The summed E-state index contributed by atoms with van der Waals surface area (Å²) in [4.78, 5) is 13.6. The van der Waals surface area contributed by atoms with Gasteiger partial charge in [0, 0.05) is 0 Å². The van der Waals surface area contributed by atoms with Crippen LogP contribution in [0.3, 0.4) is 0 Å². The molecule has 2 heteroatoms. The van der Waals surface area contributed by atoms with Crippen molar-refractivity contribution >= 4 is 6.08 Å². The molecular formula is C13H11NO. The molecule has 2 nitrogen and oxygen atoms in total. The average molecular weight is 197 g/mol. The molecule has 2 bridgehead atoms. The van der Waals surface area contributed by atoms with Crippen molar-refractivity contribution in [3.05, 3.63) is 58.4 Å². The third kappa shape index (κ3) is 1.67. The Morgan fingerprint density at radius 2 is 1.87 bits per heavy atom. The van der Waals surface area contributed by atoms with E-state index in [-0.39, 0.29) is 0 Å². The summed E-state index contributed by atoms with van der Waals surface area (Å²) in [6, 6.07) is 0. The molecule has 0 N–H and O–H groups in total. The maximum Gasteiger partial charge on any atom is 0.240 e. The lowest BCUT2D eigenvalue weighted by Gasteiger charge is -2.02. The van der Waals surface area contributed by atoms with E-state index in [1.807, 2.05) is 13.0 Å². The van der Waals surface area contributed by atoms with E-state index in [2.05, 4.69) is 29.3 Å². The van der Waals surface area contributed by atoms with E-state index in [0.29, 0.717) is 5.70 Å². The van der Waals surface area contributed by atoms with Crippen LogP contribution in [0.5, 0.6) is 0 Å². The van der Waals surface area contributed by atoms with Gasteiger partial charge in [-0.05, 0) is 42.2 Å². The van der Waals surface area contributed by atoms with Crippen LogP contribution in [0.25, 0.3) is 0 Å². The second kappa shape index (κ2) is 3.68. The van der Waals surface area contributed by atoms with Gasteiger partial charge in [-0.2, -0.15) is 4.99 Å². The summed E-state index contributed by atoms with van der Waals surface area (Å²) < 4.78 is 0. The molecule has 0 fully saturated rings. The van der Waals surface area contributed by atoms with Gasteiger partial charge in [-0.1, -0.05) is 24.3 Å². The largest absolute Gasteiger partial charge is 0.240 e. The first kappa shape index (κ1) is 9.63. The number of carbonyl (C=O) groups excluding carboxylic acids is 1. The number of rotatable bonds is 2. The van der Waals surface area contributed by atoms with Gasteiger partial charge in [-0.25, -0.2) is 4.79 Å². The van der Waals surface area contributed by atoms with Crippen LogP contribution in [0.2, 0.25) is 0 Å². The third-order valence-electron chi connectivity index (χ3n) is 2.50. The van der Waals surface area contributed by atoms with Crippen LogP contribution < -0.4 is 0 Å². The molecule has 0 heterocycles. The summed E-state index contributed by atoms with van der Waals surface area (Å²) in [5, 5.41) is 0. The number of nitrogens with zero attached hydrogens (tertiary/aromatic N) is 1. The van der Waals surface area contributed by atoms with Crippen molar-refractivity contribution in [2.24, 2.45) is 4.99 Å². The van der Waals surface area contributed by atoms with Crippen molar-refractivity contribution < 1.29 is 4.79 Å². The highest BCUT2D eigenvalue weighted by Gasteiger charge is 2.18. The first-order valence-electron chi connectivity index (χ1n) is 4.80. The van der Waals surface area contributed by atoms with Gasteiger partial charge >= 0.3 is 0 Å². The molecule has 0 aromatic carbocycles.